The zero-order valence-electron chi connectivity index (χ0n) is 11.7. The van der Waals surface area contributed by atoms with Crippen molar-refractivity contribution in [3.63, 3.8) is 0 Å². The van der Waals surface area contributed by atoms with Crippen molar-refractivity contribution in [1.82, 2.24) is 14.9 Å². The van der Waals surface area contributed by atoms with E-state index in [2.05, 4.69) is 9.97 Å². The van der Waals surface area contributed by atoms with E-state index in [1.54, 1.807) is 6.20 Å². The summed E-state index contributed by atoms with van der Waals surface area (Å²) >= 11 is 0. The van der Waals surface area contributed by atoms with Gasteiger partial charge in [-0.05, 0) is 19.2 Å². The normalized spacial score (nSPS) is 10.8. The van der Waals surface area contributed by atoms with Gasteiger partial charge in [-0.15, -0.1) is 0 Å². The first kappa shape index (κ1) is 14.9. The van der Waals surface area contributed by atoms with Gasteiger partial charge in [0.2, 0.25) is 0 Å². The highest BCUT2D eigenvalue weighted by Gasteiger charge is 2.15. The second-order valence-electron chi connectivity index (χ2n) is 4.76. The van der Waals surface area contributed by atoms with Gasteiger partial charge in [0, 0.05) is 30.9 Å². The Morgan fingerprint density at radius 1 is 1.48 bits per heavy atom. The molecular weight excluding hydrogens is 272 g/mol. The molecule has 1 N–H and O–H groups in total. The first-order valence-electron chi connectivity index (χ1n) is 6.50. The third-order valence-electron chi connectivity index (χ3n) is 3.07. The topological polar surface area (TPSA) is 92.1 Å². The Hall–Kier alpha value is -2.54. The Kier molecular flexibility index (Phi) is 4.78. The minimum absolute atomic E-state index is 0.102. The van der Waals surface area contributed by atoms with E-state index in [4.69, 9.17) is 0 Å². The molecule has 110 valence electrons. The highest BCUT2D eigenvalue weighted by atomic mass is 16.6. The molecule has 7 heteroatoms. The van der Waals surface area contributed by atoms with Crippen molar-refractivity contribution in [2.24, 2.45) is 0 Å². The average Bonchev–Trinajstić information content (AvgIpc) is 2.96. The summed E-state index contributed by atoms with van der Waals surface area (Å²) in [5.41, 5.74) is 1.12. The number of rotatable bonds is 7. The van der Waals surface area contributed by atoms with Crippen LogP contribution in [0, 0.1) is 10.1 Å². The van der Waals surface area contributed by atoms with E-state index in [-0.39, 0.29) is 23.7 Å². The summed E-state index contributed by atoms with van der Waals surface area (Å²) in [6.07, 6.45) is 3.70. The van der Waals surface area contributed by atoms with Gasteiger partial charge in [0.15, 0.2) is 5.78 Å². The molecule has 2 aromatic heterocycles. The molecule has 0 saturated heterocycles. The lowest BCUT2D eigenvalue weighted by molar-refractivity contribution is -0.384. The largest absolute Gasteiger partial charge is 0.353 e. The van der Waals surface area contributed by atoms with Gasteiger partial charge in [-0.1, -0.05) is 6.07 Å². The molecule has 0 aliphatic carbocycles. The summed E-state index contributed by atoms with van der Waals surface area (Å²) in [5, 5.41) is 10.6. The number of pyridine rings is 1. The summed E-state index contributed by atoms with van der Waals surface area (Å²) in [6.45, 7) is 0.885. The van der Waals surface area contributed by atoms with E-state index in [1.807, 2.05) is 30.1 Å². The van der Waals surface area contributed by atoms with Gasteiger partial charge in [-0.2, -0.15) is 0 Å². The predicted molar refractivity (Wildman–Crippen MR) is 77.2 cm³/mol. The standard InChI is InChI=1S/C14H16N4O3/c1-17(7-5-11-4-2-3-6-15-11)10-14(19)13-8-12(9-16-13)18(20)21/h2-4,6,8-9,16H,5,7,10H2,1H3. The first-order chi connectivity index (χ1) is 10.1. The number of likely N-dealkylation sites (N-methyl/N-ethyl adjacent to an activating group) is 1. The number of aromatic amines is 1. The molecule has 0 unspecified atom stereocenters. The zero-order chi connectivity index (χ0) is 15.2. The molecule has 2 aromatic rings. The van der Waals surface area contributed by atoms with Gasteiger partial charge in [0.1, 0.15) is 0 Å². The Bertz CT molecular complexity index is 624. The van der Waals surface area contributed by atoms with Crippen LogP contribution in [-0.4, -0.2) is 45.7 Å². The van der Waals surface area contributed by atoms with E-state index in [0.29, 0.717) is 6.54 Å². The molecule has 2 rings (SSSR count). The van der Waals surface area contributed by atoms with Gasteiger partial charge in [0.25, 0.3) is 5.69 Å². The summed E-state index contributed by atoms with van der Waals surface area (Å²) in [4.78, 5) is 30.8. The molecule has 0 bridgehead atoms. The van der Waals surface area contributed by atoms with Gasteiger partial charge >= 0.3 is 0 Å². The van der Waals surface area contributed by atoms with Gasteiger partial charge < -0.3 is 4.98 Å². The summed E-state index contributed by atoms with van der Waals surface area (Å²) in [7, 11) is 1.83. The van der Waals surface area contributed by atoms with Crippen molar-refractivity contribution in [2.45, 2.75) is 6.42 Å². The number of nitrogens with zero attached hydrogens (tertiary/aromatic N) is 3. The fraction of sp³-hybridized carbons (Fsp3) is 0.286. The Balaban J connectivity index is 1.85. The van der Waals surface area contributed by atoms with Crippen molar-refractivity contribution in [3.05, 3.63) is 58.2 Å². The number of aromatic nitrogens is 2. The molecular formula is C14H16N4O3. The van der Waals surface area contributed by atoms with Crippen molar-refractivity contribution >= 4 is 11.5 Å². The fourth-order valence-corrected chi connectivity index (χ4v) is 1.91. The lowest BCUT2D eigenvalue weighted by Gasteiger charge is -2.14. The van der Waals surface area contributed by atoms with Crippen LogP contribution in [0.3, 0.4) is 0 Å². The Labute approximate surface area is 121 Å². The third-order valence-corrected chi connectivity index (χ3v) is 3.07. The number of hydrogen-bond acceptors (Lipinski definition) is 5. The van der Waals surface area contributed by atoms with Gasteiger partial charge in [-0.25, -0.2) is 0 Å². The first-order valence-corrected chi connectivity index (χ1v) is 6.50. The van der Waals surface area contributed by atoms with Crippen LogP contribution in [-0.2, 0) is 6.42 Å². The molecule has 0 aliphatic heterocycles. The maximum atomic E-state index is 12.0. The van der Waals surface area contributed by atoms with Crippen LogP contribution in [0.1, 0.15) is 16.2 Å². The fourth-order valence-electron chi connectivity index (χ4n) is 1.91. The van der Waals surface area contributed by atoms with Crippen LogP contribution in [0.4, 0.5) is 5.69 Å². The second kappa shape index (κ2) is 6.76. The van der Waals surface area contributed by atoms with Crippen LogP contribution in [0.5, 0.6) is 0 Å². The molecule has 0 amide bonds. The Morgan fingerprint density at radius 2 is 2.29 bits per heavy atom. The smallest absolute Gasteiger partial charge is 0.287 e. The monoisotopic (exact) mass is 288 g/mol. The number of hydrogen-bond donors (Lipinski definition) is 1. The van der Waals surface area contributed by atoms with Gasteiger partial charge in [0.05, 0.1) is 23.4 Å². The highest BCUT2D eigenvalue weighted by Crippen LogP contribution is 2.12. The quantitative estimate of drug-likeness (QED) is 0.475. The molecule has 0 aliphatic rings. The predicted octanol–water partition coefficient (Wildman–Crippen LogP) is 1.68. The number of Topliss-reactive ketones (excluding diaryl/α,β-unsaturated/α-hetero) is 1. The van der Waals surface area contributed by atoms with Crippen LogP contribution < -0.4 is 0 Å². The molecule has 0 radical (unpaired) electrons. The molecule has 21 heavy (non-hydrogen) atoms. The van der Waals surface area contributed by atoms with E-state index in [1.165, 1.54) is 12.3 Å². The molecule has 0 spiro atoms. The minimum atomic E-state index is -0.530. The van der Waals surface area contributed by atoms with Crippen molar-refractivity contribution < 1.29 is 9.72 Å². The number of carbonyl (C=O) groups excluding carboxylic acids is 1. The SMILES string of the molecule is CN(CCc1ccccn1)CC(=O)c1cc([N+](=O)[O-])c[nH]1. The lowest BCUT2D eigenvalue weighted by Crippen LogP contribution is -2.28. The van der Waals surface area contributed by atoms with Crippen molar-refractivity contribution in [3.8, 4) is 0 Å². The number of H-pyrrole nitrogens is 1. The molecule has 7 nitrogen and oxygen atoms in total. The maximum absolute atomic E-state index is 12.0. The zero-order valence-corrected chi connectivity index (χ0v) is 11.7. The van der Waals surface area contributed by atoms with Crippen molar-refractivity contribution in [1.29, 1.82) is 0 Å². The van der Waals surface area contributed by atoms with Crippen molar-refractivity contribution in [2.75, 3.05) is 20.1 Å². The molecule has 0 saturated carbocycles. The lowest BCUT2D eigenvalue weighted by atomic mass is 10.2. The van der Waals surface area contributed by atoms with E-state index < -0.39 is 4.92 Å². The van der Waals surface area contributed by atoms with Crippen LogP contribution in [0.25, 0.3) is 0 Å². The van der Waals surface area contributed by atoms with Crippen LogP contribution in [0.2, 0.25) is 0 Å². The number of carbonyl (C=O) groups is 1. The molecule has 0 atom stereocenters. The Morgan fingerprint density at radius 3 is 2.90 bits per heavy atom. The van der Waals surface area contributed by atoms with E-state index in [9.17, 15) is 14.9 Å². The highest BCUT2D eigenvalue weighted by molar-refractivity contribution is 5.96. The van der Waals surface area contributed by atoms with E-state index >= 15 is 0 Å². The molecule has 0 aromatic carbocycles. The minimum Gasteiger partial charge on any atom is -0.353 e. The third kappa shape index (κ3) is 4.22. The summed E-state index contributed by atoms with van der Waals surface area (Å²) in [5.74, 6) is -0.174. The van der Waals surface area contributed by atoms with Crippen LogP contribution in [0.15, 0.2) is 36.7 Å². The summed E-state index contributed by atoms with van der Waals surface area (Å²) < 4.78 is 0. The van der Waals surface area contributed by atoms with Crippen LogP contribution >= 0.6 is 0 Å². The number of nitro groups is 1. The average molecular weight is 288 g/mol. The maximum Gasteiger partial charge on any atom is 0.287 e. The second-order valence-corrected chi connectivity index (χ2v) is 4.76. The number of nitrogens with one attached hydrogen (secondary N) is 1. The molecule has 0 fully saturated rings. The summed E-state index contributed by atoms with van der Waals surface area (Å²) in [6, 6.07) is 6.97. The van der Waals surface area contributed by atoms with E-state index in [0.717, 1.165) is 12.1 Å². The molecule has 2 heterocycles. The number of ketones is 1. The van der Waals surface area contributed by atoms with Gasteiger partial charge in [-0.3, -0.25) is 24.8 Å².